The molecular weight excluding hydrogens is 569 g/mol. The van der Waals surface area contributed by atoms with Crippen molar-refractivity contribution >= 4 is 54.1 Å². The molecule has 10 aromatic rings. The normalized spacial score (nSPS) is 11.8. The lowest BCUT2D eigenvalue weighted by molar-refractivity contribution is 1.18. The molecule has 47 heavy (non-hydrogen) atoms. The third kappa shape index (κ3) is 3.95. The summed E-state index contributed by atoms with van der Waals surface area (Å²) in [5.74, 6) is 0. The summed E-state index contributed by atoms with van der Waals surface area (Å²) < 4.78 is 2.43. The van der Waals surface area contributed by atoms with Gasteiger partial charge in [-0.1, -0.05) is 121 Å². The Balaban J connectivity index is 1.28. The summed E-state index contributed by atoms with van der Waals surface area (Å²) in [6, 6.07) is 57.7. The molecule has 2 heterocycles. The minimum Gasteiger partial charge on any atom is -0.309 e. The van der Waals surface area contributed by atoms with Gasteiger partial charge < -0.3 is 4.57 Å². The van der Waals surface area contributed by atoms with E-state index in [0.717, 1.165) is 11.3 Å². The molecular formula is C45H28N2. The molecule has 0 unspecified atom stereocenters. The van der Waals surface area contributed by atoms with Gasteiger partial charge in [0.1, 0.15) is 0 Å². The Labute approximate surface area is 272 Å². The second-order valence-electron chi connectivity index (χ2n) is 12.4. The molecule has 0 spiro atoms. The smallest absolute Gasteiger partial charge is 0.0541 e. The maximum atomic E-state index is 4.42. The summed E-state index contributed by atoms with van der Waals surface area (Å²) in [6.07, 6.45) is 3.80. The van der Waals surface area contributed by atoms with Crippen LogP contribution < -0.4 is 0 Å². The number of aromatic nitrogens is 2. The molecule has 2 heteroatoms. The van der Waals surface area contributed by atoms with Crippen LogP contribution in [0.15, 0.2) is 170 Å². The van der Waals surface area contributed by atoms with Crippen LogP contribution >= 0.6 is 0 Å². The number of rotatable bonds is 4. The van der Waals surface area contributed by atoms with Gasteiger partial charge in [0, 0.05) is 34.4 Å². The molecule has 8 aromatic carbocycles. The van der Waals surface area contributed by atoms with Gasteiger partial charge in [-0.15, -0.1) is 0 Å². The number of benzene rings is 8. The summed E-state index contributed by atoms with van der Waals surface area (Å²) in [5.41, 5.74) is 10.8. The Bertz CT molecular complexity index is 2720. The van der Waals surface area contributed by atoms with E-state index in [0.29, 0.717) is 0 Å². The highest BCUT2D eigenvalue weighted by molar-refractivity contribution is 6.27. The van der Waals surface area contributed by atoms with E-state index >= 15 is 0 Å². The molecule has 0 aliphatic carbocycles. The van der Waals surface area contributed by atoms with Gasteiger partial charge in [0.25, 0.3) is 0 Å². The van der Waals surface area contributed by atoms with Crippen molar-refractivity contribution in [2.75, 3.05) is 0 Å². The van der Waals surface area contributed by atoms with Gasteiger partial charge in [0.15, 0.2) is 0 Å². The van der Waals surface area contributed by atoms with Crippen LogP contribution in [0.25, 0.3) is 93.2 Å². The molecule has 0 aliphatic rings. The van der Waals surface area contributed by atoms with E-state index in [1.54, 1.807) is 0 Å². The number of para-hydroxylation sites is 2. The zero-order valence-electron chi connectivity index (χ0n) is 25.6. The molecule has 0 radical (unpaired) electrons. The fourth-order valence-corrected chi connectivity index (χ4v) is 7.72. The van der Waals surface area contributed by atoms with Crippen LogP contribution in [0.5, 0.6) is 0 Å². The van der Waals surface area contributed by atoms with Crippen molar-refractivity contribution < 1.29 is 0 Å². The molecule has 2 nitrogen and oxygen atoms in total. The standard InChI is InChI=1S/C45H28N2/c1-2-9-29(10-3-1)33-25-34(27-35(26-33)47-42-14-6-4-12-38(42)39-13-5-7-15-43(39)47)37-21-17-31-18-22-40-36(32-11-8-24-46-28-32)20-16-30-19-23-41(37)45(31)44(30)40/h1-28H. The first-order chi connectivity index (χ1) is 23.3. The third-order valence-electron chi connectivity index (χ3n) is 9.81. The van der Waals surface area contributed by atoms with E-state index in [1.165, 1.54) is 81.9 Å². The summed E-state index contributed by atoms with van der Waals surface area (Å²) >= 11 is 0. The Morgan fingerprint density at radius 3 is 1.57 bits per heavy atom. The zero-order chi connectivity index (χ0) is 30.9. The third-order valence-corrected chi connectivity index (χ3v) is 9.81. The quantitative estimate of drug-likeness (QED) is 0.185. The maximum absolute atomic E-state index is 4.42. The van der Waals surface area contributed by atoms with Crippen LogP contribution in [0.1, 0.15) is 0 Å². The van der Waals surface area contributed by atoms with E-state index in [-0.39, 0.29) is 0 Å². The molecule has 2 aromatic heterocycles. The number of nitrogens with zero attached hydrogens (tertiary/aromatic N) is 2. The Hall–Kier alpha value is -6.25. The summed E-state index contributed by atoms with van der Waals surface area (Å²) in [7, 11) is 0. The fourth-order valence-electron chi connectivity index (χ4n) is 7.72. The SMILES string of the molecule is c1ccc(-c2cc(-c3ccc4ccc5c(-c6cccnc6)ccc6ccc3c4c65)cc(-n3c4ccccc4c4ccccc43)c2)cc1. The molecule has 0 amide bonds. The van der Waals surface area contributed by atoms with Crippen LogP contribution in [-0.2, 0) is 0 Å². The second kappa shape index (κ2) is 10.1. The zero-order valence-corrected chi connectivity index (χ0v) is 25.6. The van der Waals surface area contributed by atoms with E-state index in [4.69, 9.17) is 0 Å². The molecule has 0 atom stereocenters. The average molecular weight is 597 g/mol. The van der Waals surface area contributed by atoms with Crippen LogP contribution in [0.2, 0.25) is 0 Å². The van der Waals surface area contributed by atoms with E-state index < -0.39 is 0 Å². The number of hydrogen-bond donors (Lipinski definition) is 0. The second-order valence-corrected chi connectivity index (χ2v) is 12.4. The molecule has 0 N–H and O–H groups in total. The highest BCUT2D eigenvalue weighted by Gasteiger charge is 2.18. The Morgan fingerprint density at radius 2 is 0.936 bits per heavy atom. The molecule has 0 fully saturated rings. The summed E-state index contributed by atoms with van der Waals surface area (Å²) in [5, 5.41) is 10.2. The highest BCUT2D eigenvalue weighted by atomic mass is 15.0. The van der Waals surface area contributed by atoms with Gasteiger partial charge in [-0.2, -0.15) is 0 Å². The minimum atomic E-state index is 1.14. The van der Waals surface area contributed by atoms with Gasteiger partial charge in [0.2, 0.25) is 0 Å². The van der Waals surface area contributed by atoms with Crippen molar-refractivity contribution in [3.8, 4) is 39.1 Å². The van der Waals surface area contributed by atoms with E-state index in [1.807, 2.05) is 18.5 Å². The van der Waals surface area contributed by atoms with E-state index in [9.17, 15) is 0 Å². The van der Waals surface area contributed by atoms with Gasteiger partial charge in [-0.25, -0.2) is 0 Å². The van der Waals surface area contributed by atoms with E-state index in [2.05, 4.69) is 161 Å². The van der Waals surface area contributed by atoms with Crippen molar-refractivity contribution in [3.63, 3.8) is 0 Å². The lowest BCUT2D eigenvalue weighted by Gasteiger charge is -2.18. The first kappa shape index (κ1) is 26.0. The Morgan fingerprint density at radius 1 is 0.383 bits per heavy atom. The molecule has 0 saturated carbocycles. The summed E-state index contributed by atoms with van der Waals surface area (Å²) in [4.78, 5) is 4.42. The summed E-state index contributed by atoms with van der Waals surface area (Å²) in [6.45, 7) is 0. The first-order valence-corrected chi connectivity index (χ1v) is 16.1. The number of hydrogen-bond acceptors (Lipinski definition) is 1. The Kier molecular flexibility index (Phi) is 5.61. The highest BCUT2D eigenvalue weighted by Crippen LogP contribution is 2.43. The van der Waals surface area contributed by atoms with Gasteiger partial charge in [0.05, 0.1) is 11.0 Å². The van der Waals surface area contributed by atoms with Crippen LogP contribution in [0.3, 0.4) is 0 Å². The predicted molar refractivity (Wildman–Crippen MR) is 199 cm³/mol. The van der Waals surface area contributed by atoms with Gasteiger partial charge in [-0.05, 0) is 96.5 Å². The van der Waals surface area contributed by atoms with Gasteiger partial charge >= 0.3 is 0 Å². The number of fused-ring (bicyclic) bond motifs is 3. The van der Waals surface area contributed by atoms with Crippen molar-refractivity contribution in [2.24, 2.45) is 0 Å². The number of pyridine rings is 1. The molecule has 0 aliphatic heterocycles. The fraction of sp³-hybridized carbons (Fsp3) is 0. The monoisotopic (exact) mass is 596 g/mol. The largest absolute Gasteiger partial charge is 0.309 e. The first-order valence-electron chi connectivity index (χ1n) is 16.1. The van der Waals surface area contributed by atoms with Crippen molar-refractivity contribution in [1.29, 1.82) is 0 Å². The van der Waals surface area contributed by atoms with Crippen molar-refractivity contribution in [2.45, 2.75) is 0 Å². The minimum absolute atomic E-state index is 1.14. The predicted octanol–water partition coefficient (Wildman–Crippen LogP) is 12.1. The van der Waals surface area contributed by atoms with Crippen LogP contribution in [0.4, 0.5) is 0 Å². The lowest BCUT2D eigenvalue weighted by atomic mass is 9.87. The lowest BCUT2D eigenvalue weighted by Crippen LogP contribution is -1.96. The molecule has 0 bridgehead atoms. The van der Waals surface area contributed by atoms with Crippen molar-refractivity contribution in [1.82, 2.24) is 9.55 Å². The molecule has 10 rings (SSSR count). The molecule has 0 saturated heterocycles. The maximum Gasteiger partial charge on any atom is 0.0541 e. The van der Waals surface area contributed by atoms with Crippen LogP contribution in [0, 0.1) is 0 Å². The van der Waals surface area contributed by atoms with Crippen LogP contribution in [-0.4, -0.2) is 9.55 Å². The molecule has 218 valence electrons. The van der Waals surface area contributed by atoms with Crippen molar-refractivity contribution in [3.05, 3.63) is 170 Å². The topological polar surface area (TPSA) is 17.8 Å². The average Bonchev–Trinajstić information content (AvgIpc) is 3.49. The van der Waals surface area contributed by atoms with Gasteiger partial charge in [-0.3, -0.25) is 4.98 Å².